The molecule has 0 radical (unpaired) electrons. The van der Waals surface area contributed by atoms with E-state index in [1.54, 1.807) is 13.0 Å². The standard InChI is InChI=1S/C9H10INO2.ClH/c1-2-8(12)13-9-6(10)4-3-5-7(9)11;/h3-5H,2,11H2,1H3;1H. The number of nitrogen functional groups attached to an aromatic ring is 1. The van der Waals surface area contributed by atoms with Gasteiger partial charge in [-0.2, -0.15) is 0 Å². The number of hydrogen-bond donors (Lipinski definition) is 1. The minimum absolute atomic E-state index is 0. The van der Waals surface area contributed by atoms with Gasteiger partial charge in [0.2, 0.25) is 0 Å². The number of ether oxygens (including phenoxy) is 1. The highest BCUT2D eigenvalue weighted by atomic mass is 127. The molecule has 0 amide bonds. The van der Waals surface area contributed by atoms with Gasteiger partial charge >= 0.3 is 5.97 Å². The third-order valence-electron chi connectivity index (χ3n) is 1.50. The number of carbonyl (C=O) groups is 1. The van der Waals surface area contributed by atoms with E-state index in [4.69, 9.17) is 10.5 Å². The maximum atomic E-state index is 11.0. The summed E-state index contributed by atoms with van der Waals surface area (Å²) >= 11 is 2.08. The van der Waals surface area contributed by atoms with E-state index in [0.717, 1.165) is 3.57 Å². The minimum atomic E-state index is -0.268. The molecule has 1 aromatic rings. The summed E-state index contributed by atoms with van der Waals surface area (Å²) in [6.45, 7) is 1.74. The van der Waals surface area contributed by atoms with Gasteiger partial charge in [0, 0.05) is 6.42 Å². The lowest BCUT2D eigenvalue weighted by Gasteiger charge is -2.07. The molecule has 0 fully saturated rings. The second-order valence-electron chi connectivity index (χ2n) is 2.49. The minimum Gasteiger partial charge on any atom is -0.423 e. The van der Waals surface area contributed by atoms with Crippen LogP contribution in [0.15, 0.2) is 18.2 Å². The predicted molar refractivity (Wildman–Crippen MR) is 66.7 cm³/mol. The highest BCUT2D eigenvalue weighted by molar-refractivity contribution is 14.1. The van der Waals surface area contributed by atoms with E-state index in [1.165, 1.54) is 0 Å². The van der Waals surface area contributed by atoms with Crippen molar-refractivity contribution < 1.29 is 9.53 Å². The molecule has 0 atom stereocenters. The van der Waals surface area contributed by atoms with Crippen LogP contribution in [0, 0.1) is 3.57 Å². The van der Waals surface area contributed by atoms with Crippen molar-refractivity contribution in [1.82, 2.24) is 0 Å². The van der Waals surface area contributed by atoms with Gasteiger partial charge in [0.1, 0.15) is 0 Å². The average molecular weight is 328 g/mol. The Bertz CT molecular complexity index is 310. The topological polar surface area (TPSA) is 52.3 Å². The fourth-order valence-electron chi connectivity index (χ4n) is 0.819. The van der Waals surface area contributed by atoms with Crippen LogP contribution >= 0.6 is 35.0 Å². The number of para-hydroxylation sites is 1. The molecule has 0 aliphatic heterocycles. The molecule has 78 valence electrons. The number of esters is 1. The van der Waals surface area contributed by atoms with Crippen molar-refractivity contribution in [2.45, 2.75) is 13.3 Å². The van der Waals surface area contributed by atoms with Gasteiger partial charge in [-0.15, -0.1) is 12.4 Å². The Kier molecular flexibility index (Phi) is 5.87. The third-order valence-corrected chi connectivity index (χ3v) is 2.35. The second-order valence-corrected chi connectivity index (χ2v) is 3.65. The Balaban J connectivity index is 0.00000169. The van der Waals surface area contributed by atoms with Crippen molar-refractivity contribution in [3.63, 3.8) is 0 Å². The summed E-state index contributed by atoms with van der Waals surface area (Å²) in [7, 11) is 0. The maximum absolute atomic E-state index is 11.0. The lowest BCUT2D eigenvalue weighted by atomic mass is 10.3. The molecule has 0 bridgehead atoms. The Morgan fingerprint density at radius 3 is 2.71 bits per heavy atom. The molecular weight excluding hydrogens is 316 g/mol. The monoisotopic (exact) mass is 327 g/mol. The molecule has 0 spiro atoms. The summed E-state index contributed by atoms with van der Waals surface area (Å²) in [6, 6.07) is 5.37. The van der Waals surface area contributed by atoms with E-state index >= 15 is 0 Å². The van der Waals surface area contributed by atoms with Gasteiger partial charge in [-0.1, -0.05) is 13.0 Å². The summed E-state index contributed by atoms with van der Waals surface area (Å²) in [4.78, 5) is 11.0. The van der Waals surface area contributed by atoms with E-state index in [9.17, 15) is 4.79 Å². The number of anilines is 1. The molecule has 14 heavy (non-hydrogen) atoms. The highest BCUT2D eigenvalue weighted by Gasteiger charge is 2.08. The smallest absolute Gasteiger partial charge is 0.311 e. The number of hydrogen-bond acceptors (Lipinski definition) is 3. The molecule has 0 unspecified atom stereocenters. The number of benzene rings is 1. The zero-order valence-corrected chi connectivity index (χ0v) is 10.6. The van der Waals surface area contributed by atoms with Crippen LogP contribution in [0.1, 0.15) is 13.3 Å². The van der Waals surface area contributed by atoms with Crippen LogP contribution in [0.2, 0.25) is 0 Å². The maximum Gasteiger partial charge on any atom is 0.311 e. The highest BCUT2D eigenvalue weighted by Crippen LogP contribution is 2.27. The molecule has 0 saturated carbocycles. The van der Waals surface area contributed by atoms with Gasteiger partial charge in [-0.3, -0.25) is 4.79 Å². The first-order valence-corrected chi connectivity index (χ1v) is 4.97. The van der Waals surface area contributed by atoms with Gasteiger partial charge in [0.25, 0.3) is 0 Å². The number of carbonyl (C=O) groups excluding carboxylic acids is 1. The van der Waals surface area contributed by atoms with Gasteiger partial charge in [0.05, 0.1) is 9.26 Å². The van der Waals surface area contributed by atoms with E-state index in [1.807, 2.05) is 12.1 Å². The summed E-state index contributed by atoms with van der Waals surface area (Å²) in [5.41, 5.74) is 6.14. The van der Waals surface area contributed by atoms with Gasteiger partial charge in [-0.25, -0.2) is 0 Å². The average Bonchev–Trinajstić information content (AvgIpc) is 2.11. The first-order chi connectivity index (χ1) is 6.15. The van der Waals surface area contributed by atoms with Crippen LogP contribution in [-0.2, 0) is 4.79 Å². The van der Waals surface area contributed by atoms with Crippen molar-refractivity contribution in [3.05, 3.63) is 21.8 Å². The largest absolute Gasteiger partial charge is 0.423 e. The normalized spacial score (nSPS) is 9.00. The number of nitrogens with two attached hydrogens (primary N) is 1. The van der Waals surface area contributed by atoms with Crippen molar-refractivity contribution in [2.75, 3.05) is 5.73 Å². The Hall–Kier alpha value is -0.490. The zero-order chi connectivity index (χ0) is 9.84. The molecule has 0 aliphatic carbocycles. The van der Waals surface area contributed by atoms with Crippen LogP contribution in [0.3, 0.4) is 0 Å². The van der Waals surface area contributed by atoms with Crippen LogP contribution < -0.4 is 10.5 Å². The summed E-state index contributed by atoms with van der Waals surface area (Å²) < 4.78 is 5.90. The van der Waals surface area contributed by atoms with Gasteiger partial charge in [-0.05, 0) is 34.7 Å². The quantitative estimate of drug-likeness (QED) is 0.393. The van der Waals surface area contributed by atoms with Crippen molar-refractivity contribution in [3.8, 4) is 5.75 Å². The van der Waals surface area contributed by atoms with Gasteiger partial charge < -0.3 is 10.5 Å². The van der Waals surface area contributed by atoms with E-state index in [-0.39, 0.29) is 18.4 Å². The van der Waals surface area contributed by atoms with Gasteiger partial charge in [0.15, 0.2) is 5.75 Å². The summed E-state index contributed by atoms with van der Waals surface area (Å²) in [5, 5.41) is 0. The van der Waals surface area contributed by atoms with Crippen LogP contribution in [0.4, 0.5) is 5.69 Å². The van der Waals surface area contributed by atoms with Crippen LogP contribution in [0.25, 0.3) is 0 Å². The van der Waals surface area contributed by atoms with Crippen LogP contribution in [0.5, 0.6) is 5.75 Å². The molecule has 0 aromatic heterocycles. The van der Waals surface area contributed by atoms with E-state index in [0.29, 0.717) is 17.9 Å². The summed E-state index contributed by atoms with van der Waals surface area (Å²) in [5.74, 6) is 0.200. The number of halogens is 2. The molecule has 1 rings (SSSR count). The van der Waals surface area contributed by atoms with E-state index < -0.39 is 0 Å². The van der Waals surface area contributed by atoms with E-state index in [2.05, 4.69) is 22.6 Å². The lowest BCUT2D eigenvalue weighted by molar-refractivity contribution is -0.134. The molecule has 0 heterocycles. The molecule has 0 aliphatic rings. The fraction of sp³-hybridized carbons (Fsp3) is 0.222. The summed E-state index contributed by atoms with van der Waals surface area (Å²) in [6.07, 6.45) is 0.352. The Morgan fingerprint density at radius 1 is 1.57 bits per heavy atom. The Morgan fingerprint density at radius 2 is 2.21 bits per heavy atom. The molecule has 1 aromatic carbocycles. The first kappa shape index (κ1) is 13.5. The predicted octanol–water partition coefficient (Wildman–Crippen LogP) is 2.61. The molecule has 2 N–H and O–H groups in total. The number of rotatable bonds is 2. The molecule has 5 heteroatoms. The Labute approximate surface area is 103 Å². The first-order valence-electron chi connectivity index (χ1n) is 3.89. The molecular formula is C9H11ClINO2. The second kappa shape index (κ2) is 6.08. The third kappa shape index (κ3) is 3.34. The lowest BCUT2D eigenvalue weighted by Crippen LogP contribution is -2.08. The van der Waals surface area contributed by atoms with Crippen molar-refractivity contribution >= 4 is 46.7 Å². The van der Waals surface area contributed by atoms with Crippen molar-refractivity contribution in [1.29, 1.82) is 0 Å². The SMILES string of the molecule is CCC(=O)Oc1c(N)cccc1I.Cl. The van der Waals surface area contributed by atoms with Crippen molar-refractivity contribution in [2.24, 2.45) is 0 Å². The molecule has 0 saturated heterocycles. The zero-order valence-electron chi connectivity index (χ0n) is 7.62. The van der Waals surface area contributed by atoms with Crippen LogP contribution in [-0.4, -0.2) is 5.97 Å². The molecule has 3 nitrogen and oxygen atoms in total. The fourth-order valence-corrected chi connectivity index (χ4v) is 1.45.